The van der Waals surface area contributed by atoms with Crippen LogP contribution in [0.25, 0.3) is 0 Å². The Balaban J connectivity index is 1.79. The fourth-order valence-corrected chi connectivity index (χ4v) is 3.17. The van der Waals surface area contributed by atoms with Crippen molar-refractivity contribution < 1.29 is 13.5 Å². The van der Waals surface area contributed by atoms with Crippen molar-refractivity contribution in [2.24, 2.45) is 0 Å². The molecule has 0 radical (unpaired) electrons. The minimum Gasteiger partial charge on any atom is -0.354 e. The second kappa shape index (κ2) is 5.49. The van der Waals surface area contributed by atoms with Gasteiger partial charge in [-0.15, -0.1) is 0 Å². The Hall–Kier alpha value is -2.60. The molecule has 1 saturated heterocycles. The van der Waals surface area contributed by atoms with Gasteiger partial charge in [-0.3, -0.25) is 0 Å². The van der Waals surface area contributed by atoms with Crippen LogP contribution in [0.3, 0.4) is 0 Å². The summed E-state index contributed by atoms with van der Waals surface area (Å²) in [5, 5.41) is 4.09. The van der Waals surface area contributed by atoms with Crippen LogP contribution in [0, 0.1) is 18.6 Å². The summed E-state index contributed by atoms with van der Waals surface area (Å²) < 4.78 is 35.3. The predicted molar refractivity (Wildman–Crippen MR) is 83.1 cm³/mol. The van der Waals surface area contributed by atoms with Gasteiger partial charge in [0.05, 0.1) is 6.54 Å². The van der Waals surface area contributed by atoms with E-state index in [4.69, 9.17) is 4.74 Å². The summed E-state index contributed by atoms with van der Waals surface area (Å²) in [6, 6.07) is 11.4. The first-order valence-electron chi connectivity index (χ1n) is 7.61. The summed E-state index contributed by atoms with van der Waals surface area (Å²) in [5.74, 6) is -1.23. The van der Waals surface area contributed by atoms with E-state index in [9.17, 15) is 8.78 Å². The van der Waals surface area contributed by atoms with Crippen LogP contribution in [0.5, 0.6) is 0 Å². The van der Waals surface area contributed by atoms with E-state index in [-0.39, 0.29) is 6.10 Å². The molecule has 2 aromatic carbocycles. The number of epoxide rings is 1. The van der Waals surface area contributed by atoms with Gasteiger partial charge in [0.25, 0.3) is 0 Å². The lowest BCUT2D eigenvalue weighted by molar-refractivity contribution is 0.256. The van der Waals surface area contributed by atoms with Crippen molar-refractivity contribution in [2.45, 2.75) is 25.2 Å². The third-order valence-corrected chi connectivity index (χ3v) is 4.42. The molecular weight excluding hydrogens is 312 g/mol. The van der Waals surface area contributed by atoms with Crippen LogP contribution in [-0.2, 0) is 16.9 Å². The average Bonchev–Trinajstić information content (AvgIpc) is 3.01. The minimum absolute atomic E-state index is 0.300. The smallest absolute Gasteiger partial charge is 0.147 e. The maximum atomic E-state index is 14.4. The quantitative estimate of drug-likeness (QED) is 0.689. The third-order valence-electron chi connectivity index (χ3n) is 4.42. The lowest BCUT2D eigenvalue weighted by Crippen LogP contribution is -2.21. The van der Waals surface area contributed by atoms with Gasteiger partial charge in [-0.25, -0.2) is 18.4 Å². The lowest BCUT2D eigenvalue weighted by Gasteiger charge is -2.15. The van der Waals surface area contributed by atoms with Crippen molar-refractivity contribution in [3.63, 3.8) is 0 Å². The molecular formula is C18H15F2N3O. The molecule has 0 N–H and O–H groups in total. The number of rotatable bonds is 4. The molecule has 0 amide bonds. The van der Waals surface area contributed by atoms with Gasteiger partial charge in [-0.2, -0.15) is 5.10 Å². The highest BCUT2D eigenvalue weighted by Gasteiger charge is 2.60. The topological polar surface area (TPSA) is 43.2 Å². The Morgan fingerprint density at radius 2 is 2.04 bits per heavy atom. The molecule has 0 bridgehead atoms. The number of nitrogens with zero attached hydrogens (tertiary/aromatic N) is 3. The van der Waals surface area contributed by atoms with Crippen molar-refractivity contribution in [1.82, 2.24) is 14.8 Å². The van der Waals surface area contributed by atoms with Gasteiger partial charge in [-0.1, -0.05) is 30.3 Å². The fourth-order valence-electron chi connectivity index (χ4n) is 3.17. The highest BCUT2D eigenvalue weighted by molar-refractivity contribution is 5.40. The molecule has 0 spiro atoms. The standard InChI is InChI=1S/C18H15F2N3O/c1-12-4-2-3-5-14(12)17-18(24-17,9-23-11-21-10-22-23)15-7-6-13(19)8-16(15)20/h2-8,10-11,17H,9H2,1H3/t17-,18-/m1/s1. The number of aryl methyl sites for hydroxylation is 1. The third kappa shape index (κ3) is 2.39. The van der Waals surface area contributed by atoms with E-state index in [1.165, 1.54) is 18.5 Å². The van der Waals surface area contributed by atoms with Gasteiger partial charge in [0.1, 0.15) is 36.0 Å². The van der Waals surface area contributed by atoms with E-state index < -0.39 is 17.2 Å². The first kappa shape index (κ1) is 15.0. The molecule has 0 aliphatic carbocycles. The zero-order valence-electron chi connectivity index (χ0n) is 13.0. The van der Waals surface area contributed by atoms with E-state index in [0.717, 1.165) is 17.2 Å². The Bertz CT molecular complexity index is 882. The molecule has 0 unspecified atom stereocenters. The Kier molecular flexibility index (Phi) is 3.42. The summed E-state index contributed by atoms with van der Waals surface area (Å²) in [6.07, 6.45) is 2.66. The van der Waals surface area contributed by atoms with Crippen LogP contribution in [0.1, 0.15) is 22.8 Å². The number of hydrogen-bond donors (Lipinski definition) is 0. The van der Waals surface area contributed by atoms with Gasteiger partial charge < -0.3 is 4.74 Å². The highest BCUT2D eigenvalue weighted by atomic mass is 19.1. The molecule has 1 aromatic heterocycles. The van der Waals surface area contributed by atoms with Gasteiger partial charge in [-0.05, 0) is 24.1 Å². The first-order valence-corrected chi connectivity index (χ1v) is 7.61. The molecule has 4 nitrogen and oxygen atoms in total. The molecule has 1 aliphatic rings. The van der Waals surface area contributed by atoms with E-state index in [1.807, 2.05) is 31.2 Å². The van der Waals surface area contributed by atoms with E-state index in [1.54, 1.807) is 11.0 Å². The van der Waals surface area contributed by atoms with E-state index >= 15 is 0 Å². The van der Waals surface area contributed by atoms with Gasteiger partial charge in [0, 0.05) is 11.6 Å². The lowest BCUT2D eigenvalue weighted by atomic mass is 9.89. The molecule has 24 heavy (non-hydrogen) atoms. The summed E-state index contributed by atoms with van der Waals surface area (Å²) in [5.41, 5.74) is 1.46. The van der Waals surface area contributed by atoms with Gasteiger partial charge in [0.15, 0.2) is 0 Å². The monoisotopic (exact) mass is 327 g/mol. The minimum atomic E-state index is -0.919. The van der Waals surface area contributed by atoms with Crippen molar-refractivity contribution in [1.29, 1.82) is 0 Å². The number of ether oxygens (including phenoxy) is 1. The number of benzene rings is 2. The van der Waals surface area contributed by atoms with Crippen LogP contribution in [0.4, 0.5) is 8.78 Å². The predicted octanol–water partition coefficient (Wildman–Crippen LogP) is 3.53. The normalized spacial score (nSPS) is 22.5. The summed E-state index contributed by atoms with van der Waals surface area (Å²) in [6.45, 7) is 2.28. The molecule has 6 heteroatoms. The summed E-state index contributed by atoms with van der Waals surface area (Å²) >= 11 is 0. The van der Waals surface area contributed by atoms with Crippen molar-refractivity contribution in [2.75, 3.05) is 0 Å². The molecule has 2 heterocycles. The van der Waals surface area contributed by atoms with Crippen molar-refractivity contribution in [3.8, 4) is 0 Å². The summed E-state index contributed by atoms with van der Waals surface area (Å²) in [4.78, 5) is 3.92. The van der Waals surface area contributed by atoms with Crippen molar-refractivity contribution >= 4 is 0 Å². The second-order valence-corrected chi connectivity index (χ2v) is 5.96. The zero-order chi connectivity index (χ0) is 16.7. The molecule has 1 fully saturated rings. The zero-order valence-corrected chi connectivity index (χ0v) is 13.0. The van der Waals surface area contributed by atoms with Gasteiger partial charge in [0.2, 0.25) is 0 Å². The Labute approximate surface area is 137 Å². The van der Waals surface area contributed by atoms with Crippen molar-refractivity contribution in [3.05, 3.63) is 83.4 Å². The average molecular weight is 327 g/mol. The Morgan fingerprint density at radius 1 is 1.21 bits per heavy atom. The molecule has 2 atom stereocenters. The number of aromatic nitrogens is 3. The molecule has 3 aromatic rings. The maximum absolute atomic E-state index is 14.4. The van der Waals surface area contributed by atoms with Crippen LogP contribution in [-0.4, -0.2) is 14.8 Å². The van der Waals surface area contributed by atoms with Crippen LogP contribution >= 0.6 is 0 Å². The SMILES string of the molecule is Cc1ccccc1[C@H]1O[C@]1(Cn1cncn1)c1ccc(F)cc1F. The molecule has 4 rings (SSSR count). The molecule has 122 valence electrons. The largest absolute Gasteiger partial charge is 0.354 e. The van der Waals surface area contributed by atoms with Gasteiger partial charge >= 0.3 is 0 Å². The highest BCUT2D eigenvalue weighted by Crippen LogP contribution is 2.59. The summed E-state index contributed by atoms with van der Waals surface area (Å²) in [7, 11) is 0. The second-order valence-electron chi connectivity index (χ2n) is 5.96. The number of halogens is 2. The van der Waals surface area contributed by atoms with E-state index in [0.29, 0.717) is 12.1 Å². The van der Waals surface area contributed by atoms with Crippen LogP contribution < -0.4 is 0 Å². The number of hydrogen-bond acceptors (Lipinski definition) is 3. The van der Waals surface area contributed by atoms with Crippen LogP contribution in [0.2, 0.25) is 0 Å². The Morgan fingerprint density at radius 3 is 2.75 bits per heavy atom. The molecule has 0 saturated carbocycles. The fraction of sp³-hybridized carbons (Fsp3) is 0.222. The molecule has 1 aliphatic heterocycles. The first-order chi connectivity index (χ1) is 11.6. The maximum Gasteiger partial charge on any atom is 0.147 e. The van der Waals surface area contributed by atoms with E-state index in [2.05, 4.69) is 10.1 Å². The van der Waals surface area contributed by atoms with Crippen LogP contribution in [0.15, 0.2) is 55.1 Å².